The Hall–Kier alpha value is -0.630. The topological polar surface area (TPSA) is 42.3 Å². The zero-order valence-corrected chi connectivity index (χ0v) is 14.4. The minimum Gasteiger partial charge on any atom is -0.302 e. The van der Waals surface area contributed by atoms with Crippen LogP contribution in [0.3, 0.4) is 0 Å². The van der Waals surface area contributed by atoms with Crippen molar-refractivity contribution in [3.8, 4) is 6.07 Å². The molecule has 1 unspecified atom stereocenters. The Morgan fingerprint density at radius 3 is 2.24 bits per heavy atom. The Kier molecular flexibility index (Phi) is 4.97. The van der Waals surface area contributed by atoms with E-state index in [0.29, 0.717) is 17.5 Å². The van der Waals surface area contributed by atoms with Crippen LogP contribution >= 0.6 is 0 Å². The van der Waals surface area contributed by atoms with Crippen molar-refractivity contribution in [1.82, 2.24) is 15.1 Å². The van der Waals surface area contributed by atoms with Crippen molar-refractivity contribution in [2.75, 3.05) is 34.2 Å². The smallest absolute Gasteiger partial charge is 0.122 e. The summed E-state index contributed by atoms with van der Waals surface area (Å²) in [5.74, 6) is 0.532. The molecule has 0 aromatic rings. The molecule has 2 aliphatic carbocycles. The summed E-state index contributed by atoms with van der Waals surface area (Å²) in [5, 5.41) is 13.4. The van der Waals surface area contributed by atoms with Crippen LogP contribution in [0.5, 0.6) is 0 Å². The predicted octanol–water partition coefficient (Wildman–Crippen LogP) is 2.07. The van der Waals surface area contributed by atoms with E-state index in [1.807, 2.05) is 0 Å². The quantitative estimate of drug-likeness (QED) is 0.744. The van der Waals surface area contributed by atoms with Crippen LogP contribution < -0.4 is 5.32 Å². The number of hydrogen-bond donors (Lipinski definition) is 1. The van der Waals surface area contributed by atoms with Crippen LogP contribution in [0.4, 0.5) is 0 Å². The SMILES string of the molecule is CC(C)NC(C#N)(CN(C)CC1(N(C)C)CCC1)C1CC1. The molecule has 21 heavy (non-hydrogen) atoms. The van der Waals surface area contributed by atoms with Gasteiger partial charge in [0.25, 0.3) is 0 Å². The molecule has 4 heteroatoms. The van der Waals surface area contributed by atoms with Crippen LogP contribution in [0.25, 0.3) is 0 Å². The molecule has 0 radical (unpaired) electrons. The van der Waals surface area contributed by atoms with E-state index >= 15 is 0 Å². The Labute approximate surface area is 130 Å². The van der Waals surface area contributed by atoms with Gasteiger partial charge in [0.2, 0.25) is 0 Å². The van der Waals surface area contributed by atoms with Crippen molar-refractivity contribution in [3.05, 3.63) is 0 Å². The van der Waals surface area contributed by atoms with Crippen LogP contribution in [0, 0.1) is 17.2 Å². The van der Waals surface area contributed by atoms with E-state index in [2.05, 4.69) is 56.2 Å². The molecule has 0 saturated heterocycles. The first-order valence-electron chi connectivity index (χ1n) is 8.38. The molecule has 2 aliphatic rings. The van der Waals surface area contributed by atoms with Gasteiger partial charge in [-0.05, 0) is 73.0 Å². The minimum atomic E-state index is -0.361. The number of likely N-dealkylation sites (N-methyl/N-ethyl adjacent to an activating group) is 2. The zero-order chi connectivity index (χ0) is 15.7. The first kappa shape index (κ1) is 16.7. The molecule has 2 saturated carbocycles. The molecule has 120 valence electrons. The summed E-state index contributed by atoms with van der Waals surface area (Å²) < 4.78 is 0. The van der Waals surface area contributed by atoms with Gasteiger partial charge in [0.05, 0.1) is 6.07 Å². The fraction of sp³-hybridized carbons (Fsp3) is 0.941. The average molecular weight is 292 g/mol. The fourth-order valence-electron chi connectivity index (χ4n) is 3.86. The lowest BCUT2D eigenvalue weighted by Crippen LogP contribution is -2.61. The van der Waals surface area contributed by atoms with E-state index in [-0.39, 0.29) is 5.54 Å². The summed E-state index contributed by atoms with van der Waals surface area (Å²) in [6.07, 6.45) is 6.29. The highest BCUT2D eigenvalue weighted by atomic mass is 15.2. The van der Waals surface area contributed by atoms with E-state index in [1.165, 1.54) is 32.1 Å². The molecular formula is C17H32N4. The maximum atomic E-state index is 9.81. The van der Waals surface area contributed by atoms with Crippen LogP contribution in [0.1, 0.15) is 46.0 Å². The summed E-state index contributed by atoms with van der Waals surface area (Å²) >= 11 is 0. The first-order chi connectivity index (χ1) is 9.83. The van der Waals surface area contributed by atoms with Crippen LogP contribution in [-0.2, 0) is 0 Å². The van der Waals surface area contributed by atoms with E-state index in [1.54, 1.807) is 0 Å². The lowest BCUT2D eigenvalue weighted by molar-refractivity contribution is 0.0215. The minimum absolute atomic E-state index is 0.331. The third kappa shape index (κ3) is 3.59. The normalized spacial score (nSPS) is 24.0. The average Bonchev–Trinajstić information content (AvgIpc) is 3.16. The predicted molar refractivity (Wildman–Crippen MR) is 87.1 cm³/mol. The van der Waals surface area contributed by atoms with Gasteiger partial charge in [-0.25, -0.2) is 0 Å². The van der Waals surface area contributed by atoms with Gasteiger partial charge in [0.1, 0.15) is 5.54 Å². The Morgan fingerprint density at radius 1 is 1.29 bits per heavy atom. The summed E-state index contributed by atoms with van der Waals surface area (Å²) in [5.41, 5.74) is -0.0303. The summed E-state index contributed by atoms with van der Waals surface area (Å²) in [6.45, 7) is 6.18. The lowest BCUT2D eigenvalue weighted by atomic mass is 9.75. The van der Waals surface area contributed by atoms with Gasteiger partial charge in [-0.3, -0.25) is 5.32 Å². The summed E-state index contributed by atoms with van der Waals surface area (Å²) in [4.78, 5) is 4.77. The van der Waals surface area contributed by atoms with Gasteiger partial charge in [-0.15, -0.1) is 0 Å². The van der Waals surface area contributed by atoms with E-state index < -0.39 is 0 Å². The van der Waals surface area contributed by atoms with E-state index in [9.17, 15) is 5.26 Å². The summed E-state index contributed by atoms with van der Waals surface area (Å²) in [6, 6.07) is 2.98. The van der Waals surface area contributed by atoms with E-state index in [4.69, 9.17) is 0 Å². The van der Waals surface area contributed by atoms with E-state index in [0.717, 1.165) is 13.1 Å². The standard InChI is InChI=1S/C17H32N4/c1-14(2)19-17(11-18,15-7-8-15)13-21(5)12-16(20(3)4)9-6-10-16/h14-15,19H,6-10,12-13H2,1-5H3. The molecular weight excluding hydrogens is 260 g/mol. The molecule has 0 aromatic heterocycles. The number of rotatable bonds is 8. The number of hydrogen-bond acceptors (Lipinski definition) is 4. The van der Waals surface area contributed by atoms with Gasteiger partial charge in [0, 0.05) is 24.7 Å². The van der Waals surface area contributed by atoms with Gasteiger partial charge < -0.3 is 9.80 Å². The van der Waals surface area contributed by atoms with Crippen molar-refractivity contribution in [1.29, 1.82) is 5.26 Å². The fourth-order valence-corrected chi connectivity index (χ4v) is 3.86. The monoisotopic (exact) mass is 292 g/mol. The molecule has 2 fully saturated rings. The maximum absolute atomic E-state index is 9.81. The van der Waals surface area contributed by atoms with Crippen molar-refractivity contribution < 1.29 is 0 Å². The third-order valence-electron chi connectivity index (χ3n) is 5.34. The van der Waals surface area contributed by atoms with Crippen molar-refractivity contribution in [2.24, 2.45) is 5.92 Å². The van der Waals surface area contributed by atoms with Crippen molar-refractivity contribution >= 4 is 0 Å². The Bertz CT molecular complexity index is 390. The highest BCUT2D eigenvalue weighted by Gasteiger charge is 2.48. The second-order valence-corrected chi connectivity index (χ2v) is 7.80. The molecule has 0 aromatic carbocycles. The van der Waals surface area contributed by atoms with Gasteiger partial charge in [-0.1, -0.05) is 0 Å². The molecule has 0 aliphatic heterocycles. The molecule has 1 N–H and O–H groups in total. The second kappa shape index (κ2) is 6.24. The molecule has 0 spiro atoms. The highest BCUT2D eigenvalue weighted by Crippen LogP contribution is 2.41. The number of nitrogens with one attached hydrogen (secondary N) is 1. The van der Waals surface area contributed by atoms with Gasteiger partial charge >= 0.3 is 0 Å². The van der Waals surface area contributed by atoms with Crippen LogP contribution in [0.15, 0.2) is 0 Å². The van der Waals surface area contributed by atoms with Gasteiger partial charge in [0.15, 0.2) is 0 Å². The Balaban J connectivity index is 2.01. The third-order valence-corrected chi connectivity index (χ3v) is 5.34. The van der Waals surface area contributed by atoms with Crippen LogP contribution in [-0.4, -0.2) is 61.2 Å². The van der Waals surface area contributed by atoms with Crippen LogP contribution in [0.2, 0.25) is 0 Å². The Morgan fingerprint density at radius 2 is 1.90 bits per heavy atom. The van der Waals surface area contributed by atoms with Gasteiger partial charge in [-0.2, -0.15) is 5.26 Å². The van der Waals surface area contributed by atoms with Crippen molar-refractivity contribution in [3.63, 3.8) is 0 Å². The second-order valence-electron chi connectivity index (χ2n) is 7.80. The molecule has 2 rings (SSSR count). The highest BCUT2D eigenvalue weighted by molar-refractivity contribution is 5.17. The zero-order valence-electron chi connectivity index (χ0n) is 14.4. The number of nitriles is 1. The largest absolute Gasteiger partial charge is 0.302 e. The molecule has 0 bridgehead atoms. The maximum Gasteiger partial charge on any atom is 0.122 e. The number of nitrogens with zero attached hydrogens (tertiary/aromatic N) is 3. The lowest BCUT2D eigenvalue weighted by Gasteiger charge is -2.50. The van der Waals surface area contributed by atoms with Crippen molar-refractivity contribution in [2.45, 2.75) is 63.1 Å². The molecule has 0 heterocycles. The summed E-state index contributed by atoms with van der Waals surface area (Å²) in [7, 11) is 6.57. The molecule has 0 amide bonds. The molecule has 1 atom stereocenters. The molecule has 4 nitrogen and oxygen atoms in total. The first-order valence-corrected chi connectivity index (χ1v) is 8.38.